The van der Waals surface area contributed by atoms with E-state index >= 15 is 0 Å². The Labute approximate surface area is 112 Å². The van der Waals surface area contributed by atoms with Gasteiger partial charge in [-0.3, -0.25) is 15.0 Å². The molecule has 1 spiro atoms. The van der Waals surface area contributed by atoms with Crippen LogP contribution in [0.1, 0.15) is 19.8 Å². The molecule has 2 rings (SSSR count). The summed E-state index contributed by atoms with van der Waals surface area (Å²) in [6.45, 7) is 4.36. The molecule has 19 heavy (non-hydrogen) atoms. The summed E-state index contributed by atoms with van der Waals surface area (Å²) < 4.78 is 11.3. The largest absolute Gasteiger partial charge is 0.346 e. The quantitative estimate of drug-likeness (QED) is 0.719. The fraction of sp³-hybridized carbons (Fsp3) is 0.833. The van der Waals surface area contributed by atoms with Crippen molar-refractivity contribution in [3.63, 3.8) is 0 Å². The van der Waals surface area contributed by atoms with E-state index in [0.29, 0.717) is 19.8 Å². The third-order valence-corrected chi connectivity index (χ3v) is 3.65. The fourth-order valence-corrected chi connectivity index (χ4v) is 2.53. The lowest BCUT2D eigenvalue weighted by Gasteiger charge is -2.40. The molecule has 0 aromatic carbocycles. The highest BCUT2D eigenvalue weighted by molar-refractivity contribution is 5.96. The number of nitrogens with one attached hydrogen (secondary N) is 2. The van der Waals surface area contributed by atoms with E-state index in [-0.39, 0.29) is 11.9 Å². The molecule has 1 atom stereocenters. The lowest BCUT2D eigenvalue weighted by molar-refractivity contribution is -0.193. The van der Waals surface area contributed by atoms with Crippen molar-refractivity contribution in [3.05, 3.63) is 0 Å². The number of nitrogens with zero attached hydrogens (tertiary/aromatic N) is 1. The number of hydrogen-bond acceptors (Lipinski definition) is 5. The van der Waals surface area contributed by atoms with Gasteiger partial charge in [-0.1, -0.05) is 0 Å². The average molecular weight is 271 g/mol. The van der Waals surface area contributed by atoms with Gasteiger partial charge in [0.15, 0.2) is 5.79 Å². The second-order valence-corrected chi connectivity index (χ2v) is 4.93. The smallest absolute Gasteiger partial charge is 0.321 e. The van der Waals surface area contributed by atoms with Crippen molar-refractivity contribution in [2.24, 2.45) is 0 Å². The topological polar surface area (TPSA) is 79.9 Å². The van der Waals surface area contributed by atoms with Gasteiger partial charge in [0.2, 0.25) is 5.91 Å². The SMILES string of the molecule is CNC(=O)NC(=O)C(C)N1CCCC2(C1)OCCO2. The van der Waals surface area contributed by atoms with Crippen LogP contribution in [0, 0.1) is 0 Å². The number of urea groups is 1. The summed E-state index contributed by atoms with van der Waals surface area (Å²) in [5, 5.41) is 4.66. The number of likely N-dealkylation sites (tertiary alicyclic amines) is 1. The first kappa shape index (κ1) is 14.2. The van der Waals surface area contributed by atoms with Crippen LogP contribution in [0.25, 0.3) is 0 Å². The first-order valence-corrected chi connectivity index (χ1v) is 6.61. The van der Waals surface area contributed by atoms with E-state index in [2.05, 4.69) is 10.6 Å². The van der Waals surface area contributed by atoms with Crippen LogP contribution in [0.5, 0.6) is 0 Å². The van der Waals surface area contributed by atoms with Crippen LogP contribution in [-0.2, 0) is 14.3 Å². The Kier molecular flexibility index (Phi) is 4.38. The molecule has 2 aliphatic rings. The number of rotatable bonds is 2. The summed E-state index contributed by atoms with van der Waals surface area (Å²) in [5.41, 5.74) is 0. The van der Waals surface area contributed by atoms with Crippen molar-refractivity contribution in [3.8, 4) is 0 Å². The second kappa shape index (κ2) is 5.85. The second-order valence-electron chi connectivity index (χ2n) is 4.93. The molecule has 3 amide bonds. The van der Waals surface area contributed by atoms with Crippen LogP contribution in [0.15, 0.2) is 0 Å². The molecule has 7 heteroatoms. The molecule has 1 unspecified atom stereocenters. The molecule has 0 aromatic heterocycles. The van der Waals surface area contributed by atoms with Crippen LogP contribution < -0.4 is 10.6 Å². The minimum absolute atomic E-state index is 0.311. The Bertz CT molecular complexity index is 355. The molecular formula is C12H21N3O4. The van der Waals surface area contributed by atoms with Crippen molar-refractivity contribution in [1.82, 2.24) is 15.5 Å². The van der Waals surface area contributed by atoms with Crippen LogP contribution in [0.2, 0.25) is 0 Å². The van der Waals surface area contributed by atoms with E-state index in [1.165, 1.54) is 7.05 Å². The number of imide groups is 1. The zero-order valence-electron chi connectivity index (χ0n) is 11.4. The molecule has 0 bridgehead atoms. The predicted molar refractivity (Wildman–Crippen MR) is 67.5 cm³/mol. The van der Waals surface area contributed by atoms with Gasteiger partial charge >= 0.3 is 6.03 Å². The predicted octanol–water partition coefficient (Wildman–Crippen LogP) is -0.331. The number of ether oxygens (including phenoxy) is 2. The van der Waals surface area contributed by atoms with E-state index in [1.54, 1.807) is 6.92 Å². The Hall–Kier alpha value is -1.18. The normalized spacial score (nSPS) is 24.1. The Balaban J connectivity index is 1.93. The van der Waals surface area contributed by atoms with Gasteiger partial charge in [0.25, 0.3) is 0 Å². The van der Waals surface area contributed by atoms with Crippen molar-refractivity contribution in [2.75, 3.05) is 33.4 Å². The van der Waals surface area contributed by atoms with Gasteiger partial charge in [-0.15, -0.1) is 0 Å². The van der Waals surface area contributed by atoms with Crippen LogP contribution in [0.4, 0.5) is 4.79 Å². The number of carbonyl (C=O) groups is 2. The van der Waals surface area contributed by atoms with Gasteiger partial charge in [-0.2, -0.15) is 0 Å². The minimum atomic E-state index is -0.556. The third-order valence-electron chi connectivity index (χ3n) is 3.65. The maximum atomic E-state index is 11.9. The summed E-state index contributed by atoms with van der Waals surface area (Å²) in [6, 6.07) is -0.876. The van der Waals surface area contributed by atoms with Crippen LogP contribution in [0.3, 0.4) is 0 Å². The lowest BCUT2D eigenvalue weighted by atomic mass is 10.0. The molecular weight excluding hydrogens is 250 g/mol. The summed E-state index contributed by atoms with van der Waals surface area (Å²) in [4.78, 5) is 25.1. The first-order valence-electron chi connectivity index (χ1n) is 6.61. The molecule has 2 fully saturated rings. The molecule has 0 radical (unpaired) electrons. The van der Waals surface area contributed by atoms with Gasteiger partial charge in [0.1, 0.15) is 0 Å². The van der Waals surface area contributed by atoms with E-state index in [9.17, 15) is 9.59 Å². The number of hydrogen-bond donors (Lipinski definition) is 2. The van der Waals surface area contributed by atoms with E-state index < -0.39 is 11.8 Å². The Morgan fingerprint density at radius 3 is 2.63 bits per heavy atom. The monoisotopic (exact) mass is 271 g/mol. The van der Waals surface area contributed by atoms with Crippen molar-refractivity contribution >= 4 is 11.9 Å². The third kappa shape index (κ3) is 3.23. The molecule has 7 nitrogen and oxygen atoms in total. The van der Waals surface area contributed by atoms with Gasteiger partial charge in [-0.25, -0.2) is 4.79 Å². The van der Waals surface area contributed by atoms with Gasteiger partial charge in [-0.05, 0) is 19.9 Å². The van der Waals surface area contributed by atoms with E-state index in [1.807, 2.05) is 4.90 Å². The van der Waals surface area contributed by atoms with Gasteiger partial charge in [0, 0.05) is 13.5 Å². The molecule has 2 heterocycles. The van der Waals surface area contributed by atoms with Gasteiger partial charge in [0.05, 0.1) is 25.8 Å². The van der Waals surface area contributed by atoms with Gasteiger partial charge < -0.3 is 14.8 Å². The van der Waals surface area contributed by atoms with Crippen molar-refractivity contribution in [1.29, 1.82) is 0 Å². The molecule has 0 aromatic rings. The van der Waals surface area contributed by atoms with E-state index in [0.717, 1.165) is 19.4 Å². The molecule has 0 aliphatic carbocycles. The molecule has 2 saturated heterocycles. The van der Waals surface area contributed by atoms with Crippen LogP contribution >= 0.6 is 0 Å². The fourth-order valence-electron chi connectivity index (χ4n) is 2.53. The van der Waals surface area contributed by atoms with Crippen molar-refractivity contribution in [2.45, 2.75) is 31.6 Å². The molecule has 108 valence electrons. The van der Waals surface area contributed by atoms with Crippen LogP contribution in [-0.4, -0.2) is 62.0 Å². The van der Waals surface area contributed by atoms with Crippen molar-refractivity contribution < 1.29 is 19.1 Å². The molecule has 0 saturated carbocycles. The maximum Gasteiger partial charge on any atom is 0.321 e. The maximum absolute atomic E-state index is 11.9. The van der Waals surface area contributed by atoms with E-state index in [4.69, 9.17) is 9.47 Å². The first-order chi connectivity index (χ1) is 9.06. The molecule has 2 N–H and O–H groups in total. The number of carbonyl (C=O) groups excluding carboxylic acids is 2. The molecule has 2 aliphatic heterocycles. The minimum Gasteiger partial charge on any atom is -0.346 e. The number of amides is 3. The standard InChI is InChI=1S/C12H21N3O4/c1-9(10(16)14-11(17)13-2)15-5-3-4-12(8-15)18-6-7-19-12/h9H,3-8H2,1-2H3,(H2,13,14,16,17). The summed E-state index contributed by atoms with van der Waals surface area (Å²) in [7, 11) is 1.48. The lowest BCUT2D eigenvalue weighted by Crippen LogP contribution is -2.56. The summed E-state index contributed by atoms with van der Waals surface area (Å²) >= 11 is 0. The Morgan fingerprint density at radius 1 is 1.32 bits per heavy atom. The highest BCUT2D eigenvalue weighted by Crippen LogP contribution is 2.30. The zero-order chi connectivity index (χ0) is 13.9. The summed E-state index contributed by atoms with van der Waals surface area (Å²) in [5.74, 6) is -0.866. The summed E-state index contributed by atoms with van der Waals surface area (Å²) in [6.07, 6.45) is 1.77. The highest BCUT2D eigenvalue weighted by Gasteiger charge is 2.42. The average Bonchev–Trinajstić information content (AvgIpc) is 2.85. The highest BCUT2D eigenvalue weighted by atomic mass is 16.7. The Morgan fingerprint density at radius 2 is 2.00 bits per heavy atom. The number of piperidine rings is 1. The zero-order valence-corrected chi connectivity index (χ0v) is 11.4.